The summed E-state index contributed by atoms with van der Waals surface area (Å²) < 4.78 is 29.3. The number of carbonyl (C=O) groups excluding carboxylic acids is 1. The lowest BCUT2D eigenvalue weighted by molar-refractivity contribution is -0.141. The molecular formula is C36H39N3O6. The van der Waals surface area contributed by atoms with E-state index in [1.165, 1.54) is 0 Å². The highest BCUT2D eigenvalue weighted by Gasteiger charge is 2.36. The van der Waals surface area contributed by atoms with Crippen molar-refractivity contribution >= 4 is 17.3 Å². The molecule has 1 amide bonds. The number of fused-ring (bicyclic) bond motifs is 1. The number of pyridine rings is 1. The van der Waals surface area contributed by atoms with Crippen molar-refractivity contribution in [1.82, 2.24) is 4.98 Å². The maximum absolute atomic E-state index is 13.9. The number of methoxy groups -OCH3 is 3. The second-order valence-corrected chi connectivity index (χ2v) is 11.2. The van der Waals surface area contributed by atoms with E-state index in [0.29, 0.717) is 48.7 Å². The normalized spacial score (nSPS) is 15.0. The minimum absolute atomic E-state index is 0.124. The molecule has 1 aromatic heterocycles. The van der Waals surface area contributed by atoms with Gasteiger partial charge in [-0.2, -0.15) is 4.98 Å². The molecule has 2 aliphatic heterocycles. The summed E-state index contributed by atoms with van der Waals surface area (Å²) >= 11 is 0. The Kier molecular flexibility index (Phi) is 9.47. The topological polar surface area (TPSA) is 82.6 Å². The van der Waals surface area contributed by atoms with Gasteiger partial charge in [-0.1, -0.05) is 60.7 Å². The molecule has 0 atom stereocenters. The zero-order chi connectivity index (χ0) is 31.2. The number of ether oxygens (including phenoxy) is 5. The molecule has 3 aromatic carbocycles. The number of carbonyl (C=O) groups is 1. The molecule has 3 heterocycles. The predicted octanol–water partition coefficient (Wildman–Crippen LogP) is 6.24. The van der Waals surface area contributed by atoms with E-state index in [1.54, 1.807) is 32.3 Å². The molecule has 1 fully saturated rings. The van der Waals surface area contributed by atoms with Gasteiger partial charge < -0.3 is 28.6 Å². The van der Waals surface area contributed by atoms with Crippen LogP contribution in [0.4, 0.5) is 11.4 Å². The van der Waals surface area contributed by atoms with Gasteiger partial charge in [0.15, 0.2) is 6.29 Å². The summed E-state index contributed by atoms with van der Waals surface area (Å²) in [6, 6.07) is 27.3. The smallest absolute Gasteiger partial charge is 0.259 e. The first-order chi connectivity index (χ1) is 22.1. The summed E-state index contributed by atoms with van der Waals surface area (Å²) in [5.74, 6) is 1.68. The van der Waals surface area contributed by atoms with E-state index in [-0.39, 0.29) is 12.2 Å². The molecule has 0 saturated carbocycles. The lowest BCUT2D eigenvalue weighted by atomic mass is 9.95. The molecule has 9 heteroatoms. The number of amides is 1. The number of rotatable bonds is 12. The number of aromatic nitrogens is 1. The van der Waals surface area contributed by atoms with Crippen LogP contribution in [-0.4, -0.2) is 51.6 Å². The minimum atomic E-state index is -0.206. The molecule has 6 rings (SSSR count). The second kappa shape index (κ2) is 14.0. The SMILES string of the molecule is COc1c(N2CCC(C(OC)OC)CC2)ccc2c1CN(c1ccc(OCc3ccccc3)nc1OCc1ccccc1)C2=O. The fourth-order valence-corrected chi connectivity index (χ4v) is 6.18. The van der Waals surface area contributed by atoms with Crippen molar-refractivity contribution in [2.24, 2.45) is 5.92 Å². The fraction of sp³-hybridized carbons (Fsp3) is 0.333. The Morgan fingerprint density at radius 1 is 0.778 bits per heavy atom. The molecule has 2 aliphatic rings. The maximum Gasteiger partial charge on any atom is 0.259 e. The van der Waals surface area contributed by atoms with Crippen LogP contribution in [0.2, 0.25) is 0 Å². The molecule has 0 radical (unpaired) electrons. The van der Waals surface area contributed by atoms with Crippen LogP contribution >= 0.6 is 0 Å². The number of nitrogens with zero attached hydrogens (tertiary/aromatic N) is 3. The minimum Gasteiger partial charge on any atom is -0.494 e. The third-order valence-corrected chi connectivity index (χ3v) is 8.52. The third kappa shape index (κ3) is 6.60. The van der Waals surface area contributed by atoms with Crippen LogP contribution in [0.25, 0.3) is 0 Å². The van der Waals surface area contributed by atoms with Gasteiger partial charge in [0.1, 0.15) is 24.7 Å². The predicted molar refractivity (Wildman–Crippen MR) is 172 cm³/mol. The Balaban J connectivity index is 1.25. The fourth-order valence-electron chi connectivity index (χ4n) is 6.18. The summed E-state index contributed by atoms with van der Waals surface area (Å²) in [6.45, 7) is 2.69. The Morgan fingerprint density at radius 2 is 1.40 bits per heavy atom. The second-order valence-electron chi connectivity index (χ2n) is 11.2. The number of anilines is 2. The van der Waals surface area contributed by atoms with Gasteiger partial charge >= 0.3 is 0 Å². The number of hydrogen-bond acceptors (Lipinski definition) is 8. The van der Waals surface area contributed by atoms with Crippen LogP contribution in [0.5, 0.6) is 17.5 Å². The quantitative estimate of drug-likeness (QED) is 0.175. The van der Waals surface area contributed by atoms with E-state index >= 15 is 0 Å². The number of piperidine rings is 1. The van der Waals surface area contributed by atoms with Gasteiger partial charge in [-0.3, -0.25) is 9.69 Å². The summed E-state index contributed by atoms with van der Waals surface area (Å²) in [6.07, 6.45) is 1.66. The van der Waals surface area contributed by atoms with Crippen molar-refractivity contribution in [3.63, 3.8) is 0 Å². The van der Waals surface area contributed by atoms with Crippen LogP contribution in [0.15, 0.2) is 84.9 Å². The lowest BCUT2D eigenvalue weighted by Crippen LogP contribution is -2.39. The van der Waals surface area contributed by atoms with Crippen molar-refractivity contribution in [2.45, 2.75) is 38.9 Å². The first kappa shape index (κ1) is 30.4. The molecule has 4 aromatic rings. The van der Waals surface area contributed by atoms with E-state index in [0.717, 1.165) is 54.1 Å². The van der Waals surface area contributed by atoms with Crippen LogP contribution in [-0.2, 0) is 29.2 Å². The maximum atomic E-state index is 13.9. The Bertz CT molecular complexity index is 1590. The summed E-state index contributed by atoms with van der Waals surface area (Å²) in [7, 11) is 5.04. The number of benzene rings is 3. The average Bonchev–Trinajstić information content (AvgIpc) is 3.43. The first-order valence-electron chi connectivity index (χ1n) is 15.3. The van der Waals surface area contributed by atoms with Gasteiger partial charge in [0.25, 0.3) is 5.91 Å². The van der Waals surface area contributed by atoms with Gasteiger partial charge in [-0.05, 0) is 42.2 Å². The molecule has 234 valence electrons. The standard InChI is InChI=1S/C36H39N3O6/c1-41-33-29-22-39(35(40)28(29)14-15-30(33)38-20-18-27(19-21-38)36(42-2)43-3)31-16-17-32(44-23-25-10-6-4-7-11-25)37-34(31)45-24-26-12-8-5-9-13-26/h4-17,27,36H,18-24H2,1-3H3. The van der Waals surface area contributed by atoms with E-state index in [9.17, 15) is 4.79 Å². The van der Waals surface area contributed by atoms with Crippen LogP contribution in [0, 0.1) is 5.92 Å². The monoisotopic (exact) mass is 609 g/mol. The molecule has 0 spiro atoms. The van der Waals surface area contributed by atoms with Crippen molar-refractivity contribution in [1.29, 1.82) is 0 Å². The summed E-state index contributed by atoms with van der Waals surface area (Å²) in [5, 5.41) is 0. The highest BCUT2D eigenvalue weighted by atomic mass is 16.7. The van der Waals surface area contributed by atoms with Gasteiger partial charge in [0, 0.05) is 50.4 Å². The molecule has 0 N–H and O–H groups in total. The Labute approximate surface area is 264 Å². The molecule has 0 aliphatic carbocycles. The average molecular weight is 610 g/mol. The first-order valence-corrected chi connectivity index (χ1v) is 15.3. The van der Waals surface area contributed by atoms with Crippen molar-refractivity contribution in [3.8, 4) is 17.5 Å². The summed E-state index contributed by atoms with van der Waals surface area (Å²) in [4.78, 5) is 22.6. The third-order valence-electron chi connectivity index (χ3n) is 8.52. The van der Waals surface area contributed by atoms with Gasteiger partial charge in [0.05, 0.1) is 19.3 Å². The van der Waals surface area contributed by atoms with Crippen LogP contribution < -0.4 is 24.0 Å². The van der Waals surface area contributed by atoms with E-state index in [1.807, 2.05) is 78.9 Å². The van der Waals surface area contributed by atoms with Crippen molar-refractivity contribution in [2.75, 3.05) is 44.2 Å². The molecule has 1 saturated heterocycles. The highest BCUT2D eigenvalue weighted by Crippen LogP contribution is 2.43. The molecular weight excluding hydrogens is 570 g/mol. The van der Waals surface area contributed by atoms with Gasteiger partial charge in [-0.15, -0.1) is 0 Å². The lowest BCUT2D eigenvalue weighted by Gasteiger charge is -2.36. The number of hydrogen-bond donors (Lipinski definition) is 0. The van der Waals surface area contributed by atoms with Crippen LogP contribution in [0.1, 0.15) is 39.9 Å². The van der Waals surface area contributed by atoms with E-state index in [2.05, 4.69) is 4.90 Å². The van der Waals surface area contributed by atoms with E-state index < -0.39 is 0 Å². The summed E-state index contributed by atoms with van der Waals surface area (Å²) in [5.41, 5.74) is 5.06. The molecule has 0 unspecified atom stereocenters. The van der Waals surface area contributed by atoms with Gasteiger partial charge in [-0.25, -0.2) is 0 Å². The molecule has 0 bridgehead atoms. The van der Waals surface area contributed by atoms with Crippen LogP contribution in [0.3, 0.4) is 0 Å². The van der Waals surface area contributed by atoms with Crippen molar-refractivity contribution < 1.29 is 28.5 Å². The van der Waals surface area contributed by atoms with Gasteiger partial charge in [0.2, 0.25) is 11.8 Å². The molecule has 9 nitrogen and oxygen atoms in total. The largest absolute Gasteiger partial charge is 0.494 e. The highest BCUT2D eigenvalue weighted by molar-refractivity contribution is 6.11. The Morgan fingerprint density at radius 3 is 2.02 bits per heavy atom. The molecule has 45 heavy (non-hydrogen) atoms. The van der Waals surface area contributed by atoms with Crippen molar-refractivity contribution in [3.05, 3.63) is 107 Å². The zero-order valence-corrected chi connectivity index (χ0v) is 26.0. The Hall–Kier alpha value is -4.60. The van der Waals surface area contributed by atoms with E-state index in [4.69, 9.17) is 28.7 Å². The zero-order valence-electron chi connectivity index (χ0n) is 26.0.